The van der Waals surface area contributed by atoms with Gasteiger partial charge in [-0.05, 0) is 0 Å². The molecule has 2 aromatic carbocycles. The Labute approximate surface area is 167 Å². The SMILES string of the molecule is COc1cccc(OC)c1[Se][C@H]1Cc2ccccc2[C@@H]1NS(=O)(=O)C(F)(F)F. The van der Waals surface area contributed by atoms with Crippen molar-refractivity contribution in [1.29, 1.82) is 0 Å². The van der Waals surface area contributed by atoms with E-state index in [1.54, 1.807) is 42.5 Å². The summed E-state index contributed by atoms with van der Waals surface area (Å²) in [5.41, 5.74) is -3.97. The van der Waals surface area contributed by atoms with Crippen LogP contribution in [-0.2, 0) is 16.4 Å². The Morgan fingerprint density at radius 1 is 1.04 bits per heavy atom. The van der Waals surface area contributed by atoms with Crippen LogP contribution in [0.5, 0.6) is 11.5 Å². The zero-order chi connectivity index (χ0) is 20.5. The van der Waals surface area contributed by atoms with Crippen LogP contribution in [0.3, 0.4) is 0 Å². The second kappa shape index (κ2) is 7.94. The predicted octanol–water partition coefficient (Wildman–Crippen LogP) is 2.56. The molecule has 0 saturated heterocycles. The average Bonchev–Trinajstić information content (AvgIpc) is 2.98. The van der Waals surface area contributed by atoms with Gasteiger partial charge in [0.25, 0.3) is 0 Å². The molecule has 0 spiro atoms. The Bertz CT molecular complexity index is 943. The Morgan fingerprint density at radius 3 is 2.21 bits per heavy atom. The molecule has 5 nitrogen and oxygen atoms in total. The third-order valence-corrected chi connectivity index (χ3v) is 8.49. The van der Waals surface area contributed by atoms with Crippen LogP contribution in [0.1, 0.15) is 17.2 Å². The van der Waals surface area contributed by atoms with E-state index in [9.17, 15) is 21.6 Å². The molecule has 0 aromatic heterocycles. The molecule has 0 bridgehead atoms. The number of benzene rings is 2. The van der Waals surface area contributed by atoms with Crippen molar-refractivity contribution in [3.8, 4) is 11.5 Å². The molecule has 2 aromatic rings. The van der Waals surface area contributed by atoms with Crippen molar-refractivity contribution in [2.45, 2.75) is 22.8 Å². The van der Waals surface area contributed by atoms with Crippen molar-refractivity contribution in [3.05, 3.63) is 53.6 Å². The van der Waals surface area contributed by atoms with Crippen LogP contribution in [-0.4, -0.2) is 43.1 Å². The normalized spacial score (nSPS) is 19.3. The number of alkyl halides is 3. The number of hydrogen-bond donors (Lipinski definition) is 1. The van der Waals surface area contributed by atoms with Crippen molar-refractivity contribution < 1.29 is 31.1 Å². The maximum absolute atomic E-state index is 13.0. The summed E-state index contributed by atoms with van der Waals surface area (Å²) < 4.78 is 75.9. The second-order valence-corrected chi connectivity index (χ2v) is 10.4. The summed E-state index contributed by atoms with van der Waals surface area (Å²) in [7, 11) is -2.48. The third-order valence-electron chi connectivity index (χ3n) is 4.42. The first-order valence-corrected chi connectivity index (χ1v) is 11.5. The van der Waals surface area contributed by atoms with Gasteiger partial charge in [-0.2, -0.15) is 0 Å². The van der Waals surface area contributed by atoms with Gasteiger partial charge in [-0.15, -0.1) is 0 Å². The zero-order valence-corrected chi connectivity index (χ0v) is 17.5. The minimum atomic E-state index is -5.48. The second-order valence-electron chi connectivity index (χ2n) is 6.10. The molecule has 10 heteroatoms. The fourth-order valence-corrected chi connectivity index (χ4v) is 7.12. The monoisotopic (exact) mass is 481 g/mol. The molecular weight excluding hydrogens is 462 g/mol. The number of fused-ring (bicyclic) bond motifs is 1. The van der Waals surface area contributed by atoms with E-state index in [0.29, 0.717) is 23.5 Å². The van der Waals surface area contributed by atoms with Gasteiger partial charge in [0.1, 0.15) is 0 Å². The number of nitrogens with one attached hydrogen (secondary N) is 1. The van der Waals surface area contributed by atoms with Gasteiger partial charge >= 0.3 is 167 Å². The van der Waals surface area contributed by atoms with Crippen LogP contribution >= 0.6 is 0 Å². The van der Waals surface area contributed by atoms with Gasteiger partial charge in [-0.3, -0.25) is 0 Å². The van der Waals surface area contributed by atoms with E-state index in [0.717, 1.165) is 10.0 Å². The summed E-state index contributed by atoms with van der Waals surface area (Å²) in [6.07, 6.45) is 0.461. The van der Waals surface area contributed by atoms with E-state index in [4.69, 9.17) is 9.47 Å². The summed E-state index contributed by atoms with van der Waals surface area (Å²) in [6.45, 7) is 0. The molecule has 0 heterocycles. The van der Waals surface area contributed by atoms with Gasteiger partial charge in [-0.25, -0.2) is 0 Å². The topological polar surface area (TPSA) is 64.6 Å². The van der Waals surface area contributed by atoms with Crippen LogP contribution in [0, 0.1) is 0 Å². The first-order chi connectivity index (χ1) is 13.2. The summed E-state index contributed by atoms with van der Waals surface area (Å²) in [6, 6.07) is 11.2. The van der Waals surface area contributed by atoms with Crippen molar-refractivity contribution in [3.63, 3.8) is 0 Å². The van der Waals surface area contributed by atoms with Crippen LogP contribution in [0.2, 0.25) is 4.82 Å². The number of sulfonamides is 1. The molecule has 1 aliphatic carbocycles. The van der Waals surface area contributed by atoms with E-state index >= 15 is 0 Å². The molecule has 3 rings (SSSR count). The first kappa shape index (κ1) is 21.0. The molecule has 0 amide bonds. The van der Waals surface area contributed by atoms with E-state index < -0.39 is 36.5 Å². The van der Waals surface area contributed by atoms with Crippen molar-refractivity contribution in [2.75, 3.05) is 14.2 Å². The quantitative estimate of drug-likeness (QED) is 0.646. The molecule has 152 valence electrons. The van der Waals surface area contributed by atoms with Gasteiger partial charge in [0.15, 0.2) is 0 Å². The van der Waals surface area contributed by atoms with Gasteiger partial charge in [-0.1, -0.05) is 0 Å². The number of methoxy groups -OCH3 is 2. The molecule has 2 atom stereocenters. The summed E-state index contributed by atoms with van der Waals surface area (Å²) >= 11 is -0.421. The summed E-state index contributed by atoms with van der Waals surface area (Å²) in [5, 5.41) is 0. The Balaban J connectivity index is 1.99. The molecule has 0 unspecified atom stereocenters. The van der Waals surface area contributed by atoms with Crippen LogP contribution in [0.15, 0.2) is 42.5 Å². The van der Waals surface area contributed by atoms with Gasteiger partial charge in [0, 0.05) is 0 Å². The Hall–Kier alpha value is -1.74. The first-order valence-electron chi connectivity index (χ1n) is 8.22. The molecular formula is C18H18F3NO4SSe. The molecule has 1 N–H and O–H groups in total. The van der Waals surface area contributed by atoms with Gasteiger partial charge < -0.3 is 0 Å². The number of rotatable bonds is 6. The maximum atomic E-state index is 13.0. The van der Waals surface area contributed by atoms with E-state index in [1.165, 1.54) is 14.2 Å². The standard InChI is InChI=1S/C18H18F3NO4SSe/c1-25-13-8-5-9-14(26-2)17(13)28-15-10-11-6-3-4-7-12(11)16(15)22-27(23,24)18(19,20)21/h3-9,15-16,22H,10H2,1-2H3/t15-,16-/m0/s1. The van der Waals surface area contributed by atoms with Crippen LogP contribution in [0.25, 0.3) is 0 Å². The van der Waals surface area contributed by atoms with Gasteiger partial charge in [0.2, 0.25) is 0 Å². The van der Waals surface area contributed by atoms with Crippen molar-refractivity contribution in [1.82, 2.24) is 4.72 Å². The fraction of sp³-hybridized carbons (Fsp3) is 0.333. The zero-order valence-electron chi connectivity index (χ0n) is 15.0. The fourth-order valence-electron chi connectivity index (χ4n) is 3.13. The molecule has 28 heavy (non-hydrogen) atoms. The van der Waals surface area contributed by atoms with Crippen LogP contribution < -0.4 is 18.7 Å². The number of ether oxygens (including phenoxy) is 2. The van der Waals surface area contributed by atoms with E-state index in [1.807, 2.05) is 4.72 Å². The average molecular weight is 480 g/mol. The molecule has 0 fully saturated rings. The van der Waals surface area contributed by atoms with Gasteiger partial charge in [0.05, 0.1) is 0 Å². The van der Waals surface area contributed by atoms with Crippen molar-refractivity contribution >= 4 is 29.4 Å². The van der Waals surface area contributed by atoms with E-state index in [-0.39, 0.29) is 4.82 Å². The summed E-state index contributed by atoms with van der Waals surface area (Å²) in [5.74, 6) is 1.13. The molecule has 1 aliphatic rings. The predicted molar refractivity (Wildman–Crippen MR) is 99.7 cm³/mol. The summed E-state index contributed by atoms with van der Waals surface area (Å²) in [4.78, 5) is -0.368. The van der Waals surface area contributed by atoms with Crippen molar-refractivity contribution in [2.24, 2.45) is 0 Å². The van der Waals surface area contributed by atoms with Crippen LogP contribution in [0.4, 0.5) is 13.2 Å². The molecule has 0 aliphatic heterocycles. The number of halogens is 3. The number of hydrogen-bond acceptors (Lipinski definition) is 4. The third kappa shape index (κ3) is 4.00. The molecule has 0 radical (unpaired) electrons. The Morgan fingerprint density at radius 2 is 1.64 bits per heavy atom. The Kier molecular flexibility index (Phi) is 5.95. The molecule has 0 saturated carbocycles. The van der Waals surface area contributed by atoms with E-state index in [2.05, 4.69) is 0 Å². The minimum absolute atomic E-state index is 0.368.